The van der Waals surface area contributed by atoms with E-state index >= 15 is 0 Å². The number of benzene rings is 1. The summed E-state index contributed by atoms with van der Waals surface area (Å²) < 4.78 is 50.7. The predicted molar refractivity (Wildman–Crippen MR) is 56.3 cm³/mol. The first kappa shape index (κ1) is 12.1. The molecule has 0 amide bonds. The fourth-order valence-corrected chi connectivity index (χ4v) is 1.95. The van der Waals surface area contributed by atoms with Gasteiger partial charge in [0.15, 0.2) is 0 Å². The number of rotatable bonds is 1. The van der Waals surface area contributed by atoms with Crippen molar-refractivity contribution in [2.24, 2.45) is 0 Å². The average Bonchev–Trinajstić information content (AvgIpc) is 2.66. The van der Waals surface area contributed by atoms with Crippen LogP contribution in [-0.4, -0.2) is 16.9 Å². The van der Waals surface area contributed by atoms with Gasteiger partial charge in [0.05, 0.1) is 11.1 Å². The van der Waals surface area contributed by atoms with Crippen LogP contribution in [0.15, 0.2) is 22.8 Å². The summed E-state index contributed by atoms with van der Waals surface area (Å²) in [6.07, 6.45) is -4.17. The zero-order chi connectivity index (χ0) is 12.8. The Morgan fingerprint density at radius 2 is 1.94 bits per heavy atom. The highest BCUT2D eigenvalue weighted by Crippen LogP contribution is 2.31. The van der Waals surface area contributed by atoms with Gasteiger partial charge in [0, 0.05) is 16.1 Å². The molecule has 0 aliphatic rings. The second-order valence-corrected chi connectivity index (χ2v) is 4.16. The van der Waals surface area contributed by atoms with Crippen LogP contribution in [0.25, 0.3) is 10.9 Å². The third-order valence-electron chi connectivity index (χ3n) is 2.24. The molecule has 1 aromatic carbocycles. The summed E-state index contributed by atoms with van der Waals surface area (Å²) in [6, 6.07) is 2.34. The largest absolute Gasteiger partial charge is 0.454 e. The minimum Gasteiger partial charge on any atom is -0.359 e. The average molecular weight is 310 g/mol. The number of hydrogen-bond donors (Lipinski definition) is 1. The molecule has 2 nitrogen and oxygen atoms in total. The molecular formula is C10H4BrF4NO. The van der Waals surface area contributed by atoms with Gasteiger partial charge in [-0.05, 0) is 28.1 Å². The van der Waals surface area contributed by atoms with Gasteiger partial charge in [0.1, 0.15) is 5.82 Å². The molecule has 0 bridgehead atoms. The number of fused-ring (bicyclic) bond motifs is 1. The van der Waals surface area contributed by atoms with Gasteiger partial charge in [-0.1, -0.05) is 0 Å². The van der Waals surface area contributed by atoms with E-state index in [2.05, 4.69) is 20.9 Å². The Morgan fingerprint density at radius 1 is 1.29 bits per heavy atom. The Hall–Kier alpha value is -1.37. The van der Waals surface area contributed by atoms with Gasteiger partial charge < -0.3 is 4.98 Å². The second kappa shape index (κ2) is 3.83. The lowest BCUT2D eigenvalue weighted by molar-refractivity contribution is -0.0884. The third-order valence-corrected chi connectivity index (χ3v) is 2.90. The lowest BCUT2D eigenvalue weighted by Gasteiger charge is -2.04. The molecule has 1 aromatic heterocycles. The summed E-state index contributed by atoms with van der Waals surface area (Å²) in [5.41, 5.74) is -0.594. The minimum absolute atomic E-state index is 0.123. The molecule has 0 aliphatic carbocycles. The van der Waals surface area contributed by atoms with Crippen molar-refractivity contribution >= 4 is 32.6 Å². The van der Waals surface area contributed by atoms with Crippen molar-refractivity contribution in [2.75, 3.05) is 0 Å². The minimum atomic E-state index is -5.02. The van der Waals surface area contributed by atoms with E-state index in [9.17, 15) is 22.4 Å². The molecule has 0 saturated carbocycles. The van der Waals surface area contributed by atoms with Gasteiger partial charge in [0.25, 0.3) is 5.78 Å². The summed E-state index contributed by atoms with van der Waals surface area (Å²) in [6.45, 7) is 0. The van der Waals surface area contributed by atoms with E-state index in [0.29, 0.717) is 4.47 Å². The van der Waals surface area contributed by atoms with Crippen molar-refractivity contribution in [1.29, 1.82) is 0 Å². The Labute approximate surface area is 101 Å². The lowest BCUT2D eigenvalue weighted by Crippen LogP contribution is -2.22. The summed E-state index contributed by atoms with van der Waals surface area (Å²) in [7, 11) is 0. The van der Waals surface area contributed by atoms with Crippen molar-refractivity contribution < 1.29 is 22.4 Å². The molecule has 17 heavy (non-hydrogen) atoms. The van der Waals surface area contributed by atoms with Crippen LogP contribution >= 0.6 is 15.9 Å². The maximum absolute atomic E-state index is 13.4. The number of aromatic amines is 1. The number of H-pyrrole nitrogens is 1. The van der Waals surface area contributed by atoms with E-state index in [0.717, 1.165) is 12.3 Å². The Morgan fingerprint density at radius 3 is 2.53 bits per heavy atom. The van der Waals surface area contributed by atoms with E-state index in [1.807, 2.05) is 0 Å². The zero-order valence-corrected chi connectivity index (χ0v) is 9.62. The van der Waals surface area contributed by atoms with Gasteiger partial charge in [-0.2, -0.15) is 13.2 Å². The smallest absolute Gasteiger partial charge is 0.359 e. The summed E-state index contributed by atoms with van der Waals surface area (Å²) in [5, 5.41) is -0.360. The molecule has 7 heteroatoms. The molecule has 1 N–H and O–H groups in total. The highest BCUT2D eigenvalue weighted by Gasteiger charge is 2.41. The van der Waals surface area contributed by atoms with Crippen molar-refractivity contribution in [3.63, 3.8) is 0 Å². The van der Waals surface area contributed by atoms with E-state index < -0.39 is 23.3 Å². The van der Waals surface area contributed by atoms with Crippen LogP contribution in [-0.2, 0) is 0 Å². The third kappa shape index (κ3) is 1.95. The molecule has 0 atom stereocenters. The van der Waals surface area contributed by atoms with Crippen molar-refractivity contribution in [1.82, 2.24) is 4.98 Å². The second-order valence-electron chi connectivity index (χ2n) is 3.31. The quantitative estimate of drug-likeness (QED) is 0.630. The number of ketones is 1. The predicted octanol–water partition coefficient (Wildman–Crippen LogP) is 3.81. The zero-order valence-electron chi connectivity index (χ0n) is 8.03. The highest BCUT2D eigenvalue weighted by atomic mass is 79.9. The Bertz CT molecular complexity index is 602. The maximum atomic E-state index is 13.4. The van der Waals surface area contributed by atoms with Crippen LogP contribution in [0.3, 0.4) is 0 Å². The first-order chi connectivity index (χ1) is 7.82. The van der Waals surface area contributed by atoms with E-state index in [4.69, 9.17) is 0 Å². The SMILES string of the molecule is O=C(c1c[nH]c2c(Br)ccc(F)c12)C(F)(F)F. The standard InChI is InChI=1S/C10H4BrF4NO/c11-5-1-2-6(12)7-4(3-16-8(5)7)9(17)10(13,14)15/h1-3,16H. The van der Waals surface area contributed by atoms with Gasteiger partial charge in [-0.3, -0.25) is 4.79 Å². The first-order valence-electron chi connectivity index (χ1n) is 4.39. The molecule has 1 heterocycles. The number of hydrogen-bond acceptors (Lipinski definition) is 1. The summed E-state index contributed by atoms with van der Waals surface area (Å²) in [5.74, 6) is -2.95. The lowest BCUT2D eigenvalue weighted by atomic mass is 10.1. The molecule has 0 aliphatic heterocycles. The normalized spacial score (nSPS) is 12.1. The number of halogens is 5. The fraction of sp³-hybridized carbons (Fsp3) is 0.100. The van der Waals surface area contributed by atoms with E-state index in [-0.39, 0.29) is 10.9 Å². The van der Waals surface area contributed by atoms with Crippen LogP contribution < -0.4 is 0 Å². The fourth-order valence-electron chi connectivity index (χ4n) is 1.50. The topological polar surface area (TPSA) is 32.9 Å². The van der Waals surface area contributed by atoms with Gasteiger partial charge in [-0.15, -0.1) is 0 Å². The van der Waals surface area contributed by atoms with Crippen LogP contribution in [0.5, 0.6) is 0 Å². The maximum Gasteiger partial charge on any atom is 0.454 e. The highest BCUT2D eigenvalue weighted by molar-refractivity contribution is 9.10. The number of carbonyl (C=O) groups excluding carboxylic acids is 1. The Kier molecular flexibility index (Phi) is 2.73. The summed E-state index contributed by atoms with van der Waals surface area (Å²) >= 11 is 3.05. The molecule has 0 spiro atoms. The first-order valence-corrected chi connectivity index (χ1v) is 5.18. The summed E-state index contributed by atoms with van der Waals surface area (Å²) in [4.78, 5) is 13.5. The molecule has 90 valence electrons. The van der Waals surface area contributed by atoms with Crippen molar-refractivity contribution in [2.45, 2.75) is 6.18 Å². The molecule has 0 unspecified atom stereocenters. The van der Waals surface area contributed by atoms with Crippen molar-refractivity contribution in [3.8, 4) is 0 Å². The van der Waals surface area contributed by atoms with E-state index in [1.165, 1.54) is 6.07 Å². The van der Waals surface area contributed by atoms with Gasteiger partial charge in [0.2, 0.25) is 0 Å². The van der Waals surface area contributed by atoms with Gasteiger partial charge in [-0.25, -0.2) is 4.39 Å². The molecule has 0 saturated heterocycles. The number of carbonyl (C=O) groups is 1. The van der Waals surface area contributed by atoms with Crippen molar-refractivity contribution in [3.05, 3.63) is 34.2 Å². The molecule has 0 radical (unpaired) electrons. The van der Waals surface area contributed by atoms with Crippen LogP contribution in [0.4, 0.5) is 17.6 Å². The monoisotopic (exact) mass is 309 g/mol. The van der Waals surface area contributed by atoms with Crippen LogP contribution in [0.2, 0.25) is 0 Å². The number of alkyl halides is 3. The number of nitrogens with one attached hydrogen (secondary N) is 1. The van der Waals surface area contributed by atoms with Crippen LogP contribution in [0.1, 0.15) is 10.4 Å². The number of aromatic nitrogens is 1. The Balaban J connectivity index is 2.73. The molecular weight excluding hydrogens is 306 g/mol. The number of Topliss-reactive ketones (excluding diaryl/α,β-unsaturated/α-hetero) is 1. The molecule has 2 rings (SSSR count). The van der Waals surface area contributed by atoms with Gasteiger partial charge >= 0.3 is 6.18 Å². The van der Waals surface area contributed by atoms with E-state index in [1.54, 1.807) is 0 Å². The molecule has 2 aromatic rings. The molecule has 0 fully saturated rings. The van der Waals surface area contributed by atoms with Crippen LogP contribution in [0, 0.1) is 5.82 Å².